The predicted octanol–water partition coefficient (Wildman–Crippen LogP) is 0.982. The van der Waals surface area contributed by atoms with E-state index in [1.54, 1.807) is 0 Å². The maximum absolute atomic E-state index is 3.59. The zero-order valence-corrected chi connectivity index (χ0v) is 7.85. The van der Waals surface area contributed by atoms with Gasteiger partial charge in [0.05, 0.1) is 0 Å². The average Bonchev–Trinajstić information content (AvgIpc) is 1.93. The van der Waals surface area contributed by atoms with Crippen molar-refractivity contribution in [2.45, 2.75) is 39.3 Å². The van der Waals surface area contributed by atoms with Crippen LogP contribution in [0.15, 0.2) is 0 Å². The normalized spacial score (nSPS) is 32.7. The van der Waals surface area contributed by atoms with Crippen LogP contribution in [-0.2, 0) is 0 Å². The molecular formula is C9H20N2. The fraction of sp³-hybridized carbons (Fsp3) is 1.00. The van der Waals surface area contributed by atoms with Crippen LogP contribution in [0, 0.1) is 5.92 Å². The Morgan fingerprint density at radius 3 is 2.73 bits per heavy atom. The number of hydrogen-bond acceptors (Lipinski definition) is 2. The molecule has 0 aromatic rings. The molecule has 1 aliphatic rings. The van der Waals surface area contributed by atoms with E-state index in [0.717, 1.165) is 12.0 Å². The van der Waals surface area contributed by atoms with E-state index in [1.165, 1.54) is 19.5 Å². The molecule has 0 amide bonds. The van der Waals surface area contributed by atoms with Gasteiger partial charge >= 0.3 is 0 Å². The van der Waals surface area contributed by atoms with Crippen LogP contribution in [-0.4, -0.2) is 25.2 Å². The van der Waals surface area contributed by atoms with E-state index in [9.17, 15) is 0 Å². The minimum Gasteiger partial charge on any atom is -0.316 e. The number of hydrogen-bond donors (Lipinski definition) is 2. The van der Waals surface area contributed by atoms with Crippen molar-refractivity contribution in [3.8, 4) is 0 Å². The lowest BCUT2D eigenvalue weighted by Gasteiger charge is -2.31. The summed E-state index contributed by atoms with van der Waals surface area (Å²) in [7, 11) is 0. The van der Waals surface area contributed by atoms with Gasteiger partial charge in [-0.15, -0.1) is 0 Å². The molecule has 0 radical (unpaired) electrons. The summed E-state index contributed by atoms with van der Waals surface area (Å²) in [5.74, 6) is 0.783. The zero-order valence-electron chi connectivity index (χ0n) is 7.85. The first-order valence-corrected chi connectivity index (χ1v) is 4.67. The standard InChI is InChI=1S/C9H20N2/c1-7(2)11-9-4-5-10-6-8(9)3/h7-11H,4-6H2,1-3H3/t8-,9-/m1/s1. The third-order valence-electron chi connectivity index (χ3n) is 2.33. The molecule has 2 heteroatoms. The van der Waals surface area contributed by atoms with Gasteiger partial charge in [-0.05, 0) is 25.4 Å². The molecule has 66 valence electrons. The molecule has 2 nitrogen and oxygen atoms in total. The van der Waals surface area contributed by atoms with Crippen LogP contribution >= 0.6 is 0 Å². The molecule has 0 saturated carbocycles. The molecule has 2 atom stereocenters. The highest BCUT2D eigenvalue weighted by molar-refractivity contribution is 4.81. The van der Waals surface area contributed by atoms with Crippen molar-refractivity contribution < 1.29 is 0 Å². The monoisotopic (exact) mass is 156 g/mol. The van der Waals surface area contributed by atoms with Crippen molar-refractivity contribution in [1.29, 1.82) is 0 Å². The van der Waals surface area contributed by atoms with Gasteiger partial charge in [0, 0.05) is 12.1 Å². The molecule has 2 N–H and O–H groups in total. The third-order valence-corrected chi connectivity index (χ3v) is 2.33. The van der Waals surface area contributed by atoms with Gasteiger partial charge < -0.3 is 10.6 Å². The van der Waals surface area contributed by atoms with Crippen LogP contribution < -0.4 is 10.6 Å². The molecule has 11 heavy (non-hydrogen) atoms. The molecule has 0 aromatic carbocycles. The molecule has 0 aliphatic carbocycles. The fourth-order valence-electron chi connectivity index (χ4n) is 1.69. The predicted molar refractivity (Wildman–Crippen MR) is 48.7 cm³/mol. The van der Waals surface area contributed by atoms with Crippen LogP contribution in [0.25, 0.3) is 0 Å². The smallest absolute Gasteiger partial charge is 0.0119 e. The van der Waals surface area contributed by atoms with E-state index >= 15 is 0 Å². The second-order valence-corrected chi connectivity index (χ2v) is 3.90. The summed E-state index contributed by atoms with van der Waals surface area (Å²) in [6, 6.07) is 1.36. The zero-order chi connectivity index (χ0) is 8.27. The number of rotatable bonds is 2. The summed E-state index contributed by atoms with van der Waals surface area (Å²) in [6.45, 7) is 9.09. The number of piperidine rings is 1. The van der Waals surface area contributed by atoms with Crippen LogP contribution in [0.2, 0.25) is 0 Å². The minimum atomic E-state index is 0.626. The number of nitrogens with one attached hydrogen (secondary N) is 2. The molecule has 0 bridgehead atoms. The second-order valence-electron chi connectivity index (χ2n) is 3.90. The minimum absolute atomic E-state index is 0.626. The van der Waals surface area contributed by atoms with Crippen molar-refractivity contribution in [1.82, 2.24) is 10.6 Å². The summed E-state index contributed by atoms with van der Waals surface area (Å²) in [5, 5.41) is 6.99. The summed E-state index contributed by atoms with van der Waals surface area (Å²) < 4.78 is 0. The van der Waals surface area contributed by atoms with E-state index < -0.39 is 0 Å². The molecule has 0 spiro atoms. The van der Waals surface area contributed by atoms with Crippen molar-refractivity contribution in [3.63, 3.8) is 0 Å². The first-order valence-electron chi connectivity index (χ1n) is 4.67. The lowest BCUT2D eigenvalue weighted by atomic mass is 9.95. The SMILES string of the molecule is CC(C)N[C@@H]1CCNC[C@H]1C. The molecule has 1 rings (SSSR count). The fourth-order valence-corrected chi connectivity index (χ4v) is 1.69. The highest BCUT2D eigenvalue weighted by Gasteiger charge is 2.20. The summed E-state index contributed by atoms with van der Waals surface area (Å²) >= 11 is 0. The first kappa shape index (κ1) is 9.01. The topological polar surface area (TPSA) is 24.1 Å². The maximum atomic E-state index is 3.59. The Balaban J connectivity index is 2.29. The van der Waals surface area contributed by atoms with E-state index in [2.05, 4.69) is 31.4 Å². The van der Waals surface area contributed by atoms with E-state index in [4.69, 9.17) is 0 Å². The van der Waals surface area contributed by atoms with Gasteiger partial charge in [-0.1, -0.05) is 20.8 Å². The Kier molecular flexibility index (Phi) is 3.34. The second kappa shape index (κ2) is 4.07. The van der Waals surface area contributed by atoms with Crippen LogP contribution in [0.1, 0.15) is 27.2 Å². The largest absolute Gasteiger partial charge is 0.316 e. The Morgan fingerprint density at radius 2 is 2.18 bits per heavy atom. The van der Waals surface area contributed by atoms with Crippen molar-refractivity contribution in [3.05, 3.63) is 0 Å². The highest BCUT2D eigenvalue weighted by atomic mass is 15.0. The van der Waals surface area contributed by atoms with Gasteiger partial charge in [0.2, 0.25) is 0 Å². The van der Waals surface area contributed by atoms with Crippen LogP contribution in [0.5, 0.6) is 0 Å². The van der Waals surface area contributed by atoms with Crippen LogP contribution in [0.4, 0.5) is 0 Å². The van der Waals surface area contributed by atoms with Gasteiger partial charge in [0.15, 0.2) is 0 Å². The van der Waals surface area contributed by atoms with Gasteiger partial charge in [0.1, 0.15) is 0 Å². The molecule has 1 fully saturated rings. The Labute approximate surface area is 69.8 Å². The Morgan fingerprint density at radius 1 is 1.45 bits per heavy atom. The van der Waals surface area contributed by atoms with Crippen molar-refractivity contribution in [2.24, 2.45) is 5.92 Å². The van der Waals surface area contributed by atoms with Crippen LogP contribution in [0.3, 0.4) is 0 Å². The molecule has 1 aliphatic heterocycles. The highest BCUT2D eigenvalue weighted by Crippen LogP contribution is 2.10. The third kappa shape index (κ3) is 2.80. The summed E-state index contributed by atoms with van der Waals surface area (Å²) in [6.07, 6.45) is 1.28. The van der Waals surface area contributed by atoms with E-state index in [0.29, 0.717) is 6.04 Å². The molecule has 1 heterocycles. The van der Waals surface area contributed by atoms with Gasteiger partial charge in [-0.2, -0.15) is 0 Å². The lowest BCUT2D eigenvalue weighted by molar-refractivity contribution is 0.282. The molecule has 1 saturated heterocycles. The lowest BCUT2D eigenvalue weighted by Crippen LogP contribution is -2.48. The Bertz CT molecular complexity index is 112. The maximum Gasteiger partial charge on any atom is 0.0119 e. The Hall–Kier alpha value is -0.0800. The van der Waals surface area contributed by atoms with Gasteiger partial charge in [-0.3, -0.25) is 0 Å². The molecule has 0 aromatic heterocycles. The average molecular weight is 156 g/mol. The summed E-state index contributed by atoms with van der Waals surface area (Å²) in [5.41, 5.74) is 0. The molecular weight excluding hydrogens is 136 g/mol. The van der Waals surface area contributed by atoms with Gasteiger partial charge in [0.25, 0.3) is 0 Å². The summed E-state index contributed by atoms with van der Waals surface area (Å²) in [4.78, 5) is 0. The van der Waals surface area contributed by atoms with Gasteiger partial charge in [-0.25, -0.2) is 0 Å². The quantitative estimate of drug-likeness (QED) is 0.623. The first-order chi connectivity index (χ1) is 5.20. The van der Waals surface area contributed by atoms with E-state index in [1.807, 2.05) is 0 Å². The van der Waals surface area contributed by atoms with Crippen molar-refractivity contribution in [2.75, 3.05) is 13.1 Å². The molecule has 0 unspecified atom stereocenters. The van der Waals surface area contributed by atoms with E-state index in [-0.39, 0.29) is 0 Å². The van der Waals surface area contributed by atoms with Crippen molar-refractivity contribution >= 4 is 0 Å².